The van der Waals surface area contributed by atoms with Crippen molar-refractivity contribution >= 4 is 44.9 Å². The number of para-hydroxylation sites is 1. The van der Waals surface area contributed by atoms with E-state index in [9.17, 15) is 9.18 Å². The first kappa shape index (κ1) is 18.0. The summed E-state index contributed by atoms with van der Waals surface area (Å²) < 4.78 is 20.4. The van der Waals surface area contributed by atoms with Crippen molar-refractivity contribution in [3.8, 4) is 5.19 Å². The van der Waals surface area contributed by atoms with Gasteiger partial charge in [0, 0.05) is 36.6 Å². The van der Waals surface area contributed by atoms with E-state index in [1.54, 1.807) is 35.2 Å². The topological polar surface area (TPSA) is 54.5 Å². The number of hydrogen-bond acceptors (Lipinski definition) is 4. The van der Waals surface area contributed by atoms with Crippen LogP contribution in [-0.4, -0.2) is 35.1 Å². The first-order chi connectivity index (χ1) is 13.1. The van der Waals surface area contributed by atoms with Crippen LogP contribution in [0.3, 0.4) is 0 Å². The molecule has 3 aromatic rings. The van der Waals surface area contributed by atoms with Gasteiger partial charge < -0.3 is 15.0 Å². The van der Waals surface area contributed by atoms with E-state index in [1.165, 1.54) is 17.4 Å². The number of ether oxygens (including phenoxy) is 1. The highest BCUT2D eigenvalue weighted by molar-refractivity contribution is 7.20. The van der Waals surface area contributed by atoms with Crippen LogP contribution < -0.4 is 10.1 Å². The first-order valence-corrected chi connectivity index (χ1v) is 9.81. The van der Waals surface area contributed by atoms with Crippen LogP contribution in [-0.2, 0) is 0 Å². The quantitative estimate of drug-likeness (QED) is 0.654. The third-order valence-electron chi connectivity index (χ3n) is 4.44. The second kappa shape index (κ2) is 7.70. The van der Waals surface area contributed by atoms with Gasteiger partial charge in [-0.05, 0) is 36.4 Å². The molecule has 2 aromatic carbocycles. The monoisotopic (exact) mass is 405 g/mol. The lowest BCUT2D eigenvalue weighted by molar-refractivity contribution is 0.115. The third kappa shape index (κ3) is 4.14. The van der Waals surface area contributed by atoms with E-state index < -0.39 is 0 Å². The van der Waals surface area contributed by atoms with Crippen molar-refractivity contribution in [2.24, 2.45) is 0 Å². The second-order valence-electron chi connectivity index (χ2n) is 6.31. The van der Waals surface area contributed by atoms with Crippen molar-refractivity contribution < 1.29 is 13.9 Å². The number of fused-ring (bicyclic) bond motifs is 1. The summed E-state index contributed by atoms with van der Waals surface area (Å²) in [6, 6.07) is 11.7. The Bertz CT molecular complexity index is 955. The number of benzene rings is 2. The molecule has 140 valence electrons. The zero-order chi connectivity index (χ0) is 18.8. The van der Waals surface area contributed by atoms with Crippen molar-refractivity contribution in [1.82, 2.24) is 9.88 Å². The second-order valence-corrected chi connectivity index (χ2v) is 7.74. The number of anilines is 1. The van der Waals surface area contributed by atoms with Gasteiger partial charge in [-0.3, -0.25) is 0 Å². The summed E-state index contributed by atoms with van der Waals surface area (Å²) in [5.41, 5.74) is 1.05. The van der Waals surface area contributed by atoms with Gasteiger partial charge in [0.05, 0.1) is 4.70 Å². The lowest BCUT2D eigenvalue weighted by atomic mass is 10.1. The van der Waals surface area contributed by atoms with Crippen LogP contribution in [0.1, 0.15) is 12.8 Å². The van der Waals surface area contributed by atoms with Crippen molar-refractivity contribution in [2.45, 2.75) is 18.9 Å². The molecule has 1 saturated heterocycles. The van der Waals surface area contributed by atoms with Gasteiger partial charge in [-0.1, -0.05) is 29.0 Å². The molecule has 0 aliphatic carbocycles. The summed E-state index contributed by atoms with van der Waals surface area (Å²) in [6.07, 6.45) is 1.37. The predicted molar refractivity (Wildman–Crippen MR) is 105 cm³/mol. The fraction of sp³-hybridized carbons (Fsp3) is 0.263. The maximum atomic E-state index is 13.7. The van der Waals surface area contributed by atoms with Gasteiger partial charge in [-0.2, -0.15) is 4.98 Å². The van der Waals surface area contributed by atoms with E-state index in [-0.39, 0.29) is 18.0 Å². The lowest BCUT2D eigenvalue weighted by Gasteiger charge is -2.31. The summed E-state index contributed by atoms with van der Waals surface area (Å²) in [4.78, 5) is 18.4. The summed E-state index contributed by atoms with van der Waals surface area (Å²) >= 11 is 7.19. The van der Waals surface area contributed by atoms with Crippen LogP contribution in [0.15, 0.2) is 42.5 Å². The molecule has 0 bridgehead atoms. The number of likely N-dealkylation sites (tertiary alicyclic amines) is 1. The molecule has 0 atom stereocenters. The summed E-state index contributed by atoms with van der Waals surface area (Å²) in [5, 5.41) is 3.96. The van der Waals surface area contributed by atoms with Crippen LogP contribution in [0.2, 0.25) is 5.02 Å². The molecule has 5 nitrogen and oxygen atoms in total. The molecule has 1 aliphatic heterocycles. The Morgan fingerprint density at radius 3 is 2.67 bits per heavy atom. The highest BCUT2D eigenvalue weighted by Gasteiger charge is 2.25. The number of carbonyl (C=O) groups excluding carboxylic acids is 1. The largest absolute Gasteiger partial charge is 0.467 e. The third-order valence-corrected chi connectivity index (χ3v) is 5.61. The molecule has 1 aliphatic rings. The van der Waals surface area contributed by atoms with Gasteiger partial charge in [0.15, 0.2) is 0 Å². The Balaban J connectivity index is 1.32. The maximum Gasteiger partial charge on any atom is 0.321 e. The highest BCUT2D eigenvalue weighted by Crippen LogP contribution is 2.31. The highest BCUT2D eigenvalue weighted by atomic mass is 35.5. The molecule has 1 fully saturated rings. The molecule has 0 saturated carbocycles. The summed E-state index contributed by atoms with van der Waals surface area (Å²) in [7, 11) is 0. The Kier molecular flexibility index (Phi) is 5.13. The van der Waals surface area contributed by atoms with E-state index in [0.29, 0.717) is 47.4 Å². The molecular weight excluding hydrogens is 389 g/mol. The summed E-state index contributed by atoms with van der Waals surface area (Å²) in [5.74, 6) is -0.340. The first-order valence-electron chi connectivity index (χ1n) is 8.62. The number of piperidine rings is 1. The number of urea groups is 1. The minimum absolute atomic E-state index is 0.0341. The van der Waals surface area contributed by atoms with Gasteiger partial charge in [0.2, 0.25) is 0 Å². The Morgan fingerprint density at radius 1 is 1.22 bits per heavy atom. The average molecular weight is 406 g/mol. The van der Waals surface area contributed by atoms with Crippen molar-refractivity contribution in [3.63, 3.8) is 0 Å². The molecule has 8 heteroatoms. The van der Waals surface area contributed by atoms with Gasteiger partial charge >= 0.3 is 6.03 Å². The minimum atomic E-state index is -0.340. The molecule has 1 aromatic heterocycles. The van der Waals surface area contributed by atoms with Gasteiger partial charge in [-0.25, -0.2) is 9.18 Å². The Labute approximate surface area is 164 Å². The zero-order valence-electron chi connectivity index (χ0n) is 14.3. The number of thiazole rings is 1. The number of rotatable bonds is 3. The van der Waals surface area contributed by atoms with E-state index in [1.807, 2.05) is 6.07 Å². The van der Waals surface area contributed by atoms with E-state index in [2.05, 4.69) is 10.3 Å². The lowest BCUT2D eigenvalue weighted by Crippen LogP contribution is -2.43. The zero-order valence-corrected chi connectivity index (χ0v) is 15.9. The van der Waals surface area contributed by atoms with Crippen molar-refractivity contribution in [1.29, 1.82) is 0 Å². The molecule has 0 spiro atoms. The number of nitrogens with zero attached hydrogens (tertiary/aromatic N) is 2. The van der Waals surface area contributed by atoms with Crippen LogP contribution in [0, 0.1) is 5.82 Å². The summed E-state index contributed by atoms with van der Waals surface area (Å²) in [6.45, 7) is 1.17. The average Bonchev–Trinajstić information content (AvgIpc) is 3.08. The Morgan fingerprint density at radius 2 is 1.96 bits per heavy atom. The number of amides is 2. The molecule has 2 amide bonds. The van der Waals surface area contributed by atoms with Crippen LogP contribution in [0.4, 0.5) is 14.9 Å². The van der Waals surface area contributed by atoms with Crippen LogP contribution >= 0.6 is 22.9 Å². The Hall–Kier alpha value is -2.38. The number of carbonyl (C=O) groups is 1. The number of nitrogens with one attached hydrogen (secondary N) is 1. The van der Waals surface area contributed by atoms with E-state index in [0.717, 1.165) is 4.70 Å². The predicted octanol–water partition coefficient (Wildman–Crippen LogP) is 5.16. The smallest absolute Gasteiger partial charge is 0.321 e. The number of aromatic nitrogens is 1. The van der Waals surface area contributed by atoms with E-state index in [4.69, 9.17) is 16.3 Å². The standard InChI is InChI=1S/C19H17ClFN3O2S/c20-12-4-6-13(7-5-12)22-18(25)24-10-8-14(9-11-24)26-19-23-17-15(21)2-1-3-16(17)27-19/h1-7,14H,8-11H2,(H,22,25). The SMILES string of the molecule is O=C(Nc1ccc(Cl)cc1)N1CCC(Oc2nc3c(F)cccc3s2)CC1. The fourth-order valence-electron chi connectivity index (χ4n) is 3.00. The molecular formula is C19H17ClFN3O2S. The van der Waals surface area contributed by atoms with Crippen molar-refractivity contribution in [3.05, 3.63) is 53.3 Å². The van der Waals surface area contributed by atoms with Crippen LogP contribution in [0.25, 0.3) is 10.2 Å². The normalized spacial score (nSPS) is 15.1. The fourth-order valence-corrected chi connectivity index (χ4v) is 4.02. The maximum absolute atomic E-state index is 13.7. The van der Waals surface area contributed by atoms with E-state index >= 15 is 0 Å². The number of halogens is 2. The molecule has 0 radical (unpaired) electrons. The molecule has 27 heavy (non-hydrogen) atoms. The number of hydrogen-bond donors (Lipinski definition) is 1. The molecule has 0 unspecified atom stereocenters. The molecule has 1 N–H and O–H groups in total. The molecule has 2 heterocycles. The van der Waals surface area contributed by atoms with Gasteiger partial charge in [0.1, 0.15) is 17.4 Å². The van der Waals surface area contributed by atoms with Crippen molar-refractivity contribution in [2.75, 3.05) is 18.4 Å². The minimum Gasteiger partial charge on any atom is -0.467 e. The molecule has 4 rings (SSSR count). The van der Waals surface area contributed by atoms with Crippen LogP contribution in [0.5, 0.6) is 5.19 Å². The van der Waals surface area contributed by atoms with Gasteiger partial charge in [-0.15, -0.1) is 0 Å². The van der Waals surface area contributed by atoms with Gasteiger partial charge in [0.25, 0.3) is 5.19 Å².